The zero-order valence-electron chi connectivity index (χ0n) is 15.6. The molecule has 9 heteroatoms. The third-order valence-corrected chi connectivity index (χ3v) is 7.97. The molecule has 1 aliphatic heterocycles. The number of carbonyl (C=O) groups excluding carboxylic acids is 1. The summed E-state index contributed by atoms with van der Waals surface area (Å²) in [4.78, 5) is 12.5. The Morgan fingerprint density at radius 3 is 2.32 bits per heavy atom. The smallest absolute Gasteiger partial charge is 0.255 e. The molecule has 0 aliphatic carbocycles. The van der Waals surface area contributed by atoms with Crippen molar-refractivity contribution < 1.29 is 21.6 Å². The van der Waals surface area contributed by atoms with E-state index in [0.29, 0.717) is 5.69 Å². The molecule has 0 saturated carbocycles. The number of anilines is 1. The van der Waals surface area contributed by atoms with Crippen LogP contribution in [-0.2, 0) is 19.9 Å². The second kappa shape index (κ2) is 7.65. The Balaban J connectivity index is 1.80. The minimum atomic E-state index is -3.93. The summed E-state index contributed by atoms with van der Waals surface area (Å²) in [6.07, 6.45) is 0.244. The average Bonchev–Trinajstić information content (AvgIpc) is 2.96. The third-order valence-electron chi connectivity index (χ3n) is 4.68. The molecule has 150 valence electrons. The monoisotopic (exact) mass is 422 g/mol. The topological polar surface area (TPSA) is 109 Å². The van der Waals surface area contributed by atoms with E-state index in [4.69, 9.17) is 0 Å². The molecule has 3 rings (SSSR count). The van der Waals surface area contributed by atoms with E-state index in [1.807, 2.05) is 32.0 Å². The van der Waals surface area contributed by atoms with Gasteiger partial charge >= 0.3 is 0 Å². The lowest BCUT2D eigenvalue weighted by Gasteiger charge is -2.14. The fraction of sp³-hybridized carbons (Fsp3) is 0.316. The first-order chi connectivity index (χ1) is 13.1. The standard InChI is InChI=1S/C19H22N2O5S2/c1-13-5-3-6-14(2)18(13)20-19(22)15-7-4-8-17(11-15)28(25,26)21-16-9-10-27(23,24)12-16/h3-8,11,16,21H,9-10,12H2,1-2H3,(H,20,22). The zero-order valence-corrected chi connectivity index (χ0v) is 17.2. The van der Waals surface area contributed by atoms with Crippen LogP contribution in [0.1, 0.15) is 27.9 Å². The van der Waals surface area contributed by atoms with Crippen molar-refractivity contribution in [2.75, 3.05) is 16.8 Å². The van der Waals surface area contributed by atoms with Crippen molar-refractivity contribution in [1.29, 1.82) is 0 Å². The van der Waals surface area contributed by atoms with Crippen LogP contribution in [0.25, 0.3) is 0 Å². The van der Waals surface area contributed by atoms with Crippen LogP contribution < -0.4 is 10.0 Å². The average molecular weight is 423 g/mol. The first-order valence-electron chi connectivity index (χ1n) is 8.78. The number of sulfone groups is 1. The van der Waals surface area contributed by atoms with Crippen LogP contribution in [0, 0.1) is 13.8 Å². The molecule has 1 unspecified atom stereocenters. The summed E-state index contributed by atoms with van der Waals surface area (Å²) in [6, 6.07) is 10.7. The van der Waals surface area contributed by atoms with Gasteiger partial charge in [-0.05, 0) is 49.6 Å². The van der Waals surface area contributed by atoms with Gasteiger partial charge in [-0.3, -0.25) is 4.79 Å². The van der Waals surface area contributed by atoms with Crippen molar-refractivity contribution in [3.05, 3.63) is 59.2 Å². The van der Waals surface area contributed by atoms with Gasteiger partial charge in [0, 0.05) is 17.3 Å². The number of benzene rings is 2. The molecular weight excluding hydrogens is 400 g/mol. The molecule has 2 N–H and O–H groups in total. The summed E-state index contributed by atoms with van der Waals surface area (Å²) in [7, 11) is -7.14. The van der Waals surface area contributed by atoms with Crippen LogP contribution in [0.4, 0.5) is 5.69 Å². The Bertz CT molecular complexity index is 1100. The zero-order chi connectivity index (χ0) is 20.5. The summed E-state index contributed by atoms with van der Waals surface area (Å²) in [5.41, 5.74) is 2.70. The molecule has 1 saturated heterocycles. The first-order valence-corrected chi connectivity index (χ1v) is 12.1. The van der Waals surface area contributed by atoms with Gasteiger partial charge in [0.05, 0.1) is 16.4 Å². The summed E-state index contributed by atoms with van der Waals surface area (Å²) in [6.45, 7) is 3.76. The molecule has 2 aromatic carbocycles. The van der Waals surface area contributed by atoms with Gasteiger partial charge < -0.3 is 5.32 Å². The summed E-state index contributed by atoms with van der Waals surface area (Å²) in [5.74, 6) is -0.657. The van der Waals surface area contributed by atoms with E-state index in [1.165, 1.54) is 24.3 Å². The number of aryl methyl sites for hydroxylation is 2. The van der Waals surface area contributed by atoms with Gasteiger partial charge in [0.2, 0.25) is 10.0 Å². The molecule has 1 aliphatic rings. The third kappa shape index (κ3) is 4.60. The Morgan fingerprint density at radius 2 is 1.71 bits per heavy atom. The van der Waals surface area contributed by atoms with Crippen LogP contribution in [0.15, 0.2) is 47.4 Å². The highest BCUT2D eigenvalue weighted by molar-refractivity contribution is 7.92. The number of para-hydroxylation sites is 1. The molecule has 1 amide bonds. The fourth-order valence-corrected chi connectivity index (χ4v) is 6.27. The first kappa shape index (κ1) is 20.5. The normalized spacial score (nSPS) is 18.7. The predicted octanol–water partition coefficient (Wildman–Crippen LogP) is 2.02. The molecule has 0 spiro atoms. The Kier molecular flexibility index (Phi) is 5.60. The molecule has 7 nitrogen and oxygen atoms in total. The maximum absolute atomic E-state index is 12.6. The van der Waals surface area contributed by atoms with Gasteiger partial charge in [-0.25, -0.2) is 21.6 Å². The fourth-order valence-electron chi connectivity index (χ4n) is 3.18. The highest BCUT2D eigenvalue weighted by atomic mass is 32.2. The van der Waals surface area contributed by atoms with Gasteiger partial charge in [0.25, 0.3) is 5.91 Å². The minimum absolute atomic E-state index is 0.0294. The van der Waals surface area contributed by atoms with Crippen molar-refractivity contribution in [2.24, 2.45) is 0 Å². The number of amides is 1. The highest BCUT2D eigenvalue weighted by Crippen LogP contribution is 2.21. The lowest BCUT2D eigenvalue weighted by molar-refractivity contribution is 0.102. The maximum Gasteiger partial charge on any atom is 0.255 e. The molecule has 2 aromatic rings. The second-order valence-corrected chi connectivity index (χ2v) is 10.9. The van der Waals surface area contributed by atoms with E-state index in [1.54, 1.807) is 0 Å². The van der Waals surface area contributed by atoms with Gasteiger partial charge in [0.15, 0.2) is 9.84 Å². The Labute approximate surface area is 165 Å². The van der Waals surface area contributed by atoms with Crippen molar-refractivity contribution in [3.63, 3.8) is 0 Å². The van der Waals surface area contributed by atoms with Crippen molar-refractivity contribution in [2.45, 2.75) is 31.2 Å². The number of hydrogen-bond donors (Lipinski definition) is 2. The van der Waals surface area contributed by atoms with Crippen molar-refractivity contribution in [3.8, 4) is 0 Å². The quantitative estimate of drug-likeness (QED) is 0.766. The van der Waals surface area contributed by atoms with E-state index in [9.17, 15) is 21.6 Å². The molecule has 0 aromatic heterocycles. The second-order valence-electron chi connectivity index (χ2n) is 6.97. The largest absolute Gasteiger partial charge is 0.322 e. The minimum Gasteiger partial charge on any atom is -0.322 e. The van der Waals surface area contributed by atoms with Crippen molar-refractivity contribution in [1.82, 2.24) is 4.72 Å². The maximum atomic E-state index is 12.6. The lowest BCUT2D eigenvalue weighted by atomic mass is 10.1. The van der Waals surface area contributed by atoms with E-state index >= 15 is 0 Å². The molecule has 28 heavy (non-hydrogen) atoms. The Morgan fingerprint density at radius 1 is 1.07 bits per heavy atom. The number of sulfonamides is 1. The van der Waals surface area contributed by atoms with E-state index in [-0.39, 0.29) is 28.4 Å². The lowest BCUT2D eigenvalue weighted by Crippen LogP contribution is -2.35. The molecule has 1 fully saturated rings. The summed E-state index contributed by atoms with van der Waals surface area (Å²) < 4.78 is 50.7. The van der Waals surface area contributed by atoms with Crippen LogP contribution in [-0.4, -0.2) is 40.3 Å². The number of nitrogens with one attached hydrogen (secondary N) is 2. The number of hydrogen-bond acceptors (Lipinski definition) is 5. The molecule has 1 heterocycles. The van der Waals surface area contributed by atoms with Crippen molar-refractivity contribution >= 4 is 31.5 Å². The number of carbonyl (C=O) groups is 1. The highest BCUT2D eigenvalue weighted by Gasteiger charge is 2.31. The van der Waals surface area contributed by atoms with Gasteiger partial charge in [0.1, 0.15) is 0 Å². The van der Waals surface area contributed by atoms with Crippen LogP contribution in [0.3, 0.4) is 0 Å². The summed E-state index contributed by atoms with van der Waals surface area (Å²) >= 11 is 0. The van der Waals surface area contributed by atoms with E-state index < -0.39 is 31.8 Å². The van der Waals surface area contributed by atoms with Crippen LogP contribution in [0.2, 0.25) is 0 Å². The van der Waals surface area contributed by atoms with Gasteiger partial charge in [-0.15, -0.1) is 0 Å². The Hall–Kier alpha value is -2.23. The van der Waals surface area contributed by atoms with Gasteiger partial charge in [-0.2, -0.15) is 0 Å². The number of rotatable bonds is 5. The van der Waals surface area contributed by atoms with E-state index in [0.717, 1.165) is 11.1 Å². The van der Waals surface area contributed by atoms with Gasteiger partial charge in [-0.1, -0.05) is 24.3 Å². The van der Waals surface area contributed by atoms with Crippen LogP contribution in [0.5, 0.6) is 0 Å². The molecule has 0 radical (unpaired) electrons. The molecule has 1 atom stereocenters. The predicted molar refractivity (Wildman–Crippen MR) is 108 cm³/mol. The SMILES string of the molecule is Cc1cccc(C)c1NC(=O)c1cccc(S(=O)(=O)NC2CCS(=O)(=O)C2)c1. The molecular formula is C19H22N2O5S2. The van der Waals surface area contributed by atoms with Crippen LogP contribution >= 0.6 is 0 Å². The molecule has 0 bridgehead atoms. The summed E-state index contributed by atoms with van der Waals surface area (Å²) in [5, 5.41) is 2.82. The van der Waals surface area contributed by atoms with E-state index in [2.05, 4.69) is 10.0 Å².